The van der Waals surface area contributed by atoms with Crippen molar-refractivity contribution in [3.63, 3.8) is 0 Å². The summed E-state index contributed by atoms with van der Waals surface area (Å²) in [4.78, 5) is 20.0. The van der Waals surface area contributed by atoms with Crippen LogP contribution in [0.3, 0.4) is 0 Å². The first kappa shape index (κ1) is 20.8. The van der Waals surface area contributed by atoms with Gasteiger partial charge in [-0.1, -0.05) is 25.8 Å². The average Bonchev–Trinajstić information content (AvgIpc) is 2.34. The summed E-state index contributed by atoms with van der Waals surface area (Å²) in [6.45, 7) is 4.82. The SMILES string of the molecule is CCCCCC=C(C)C(=O)O.CCOC(=O)C(F)(F)F. The van der Waals surface area contributed by atoms with Crippen LogP contribution >= 0.6 is 0 Å². The molecular formula is C13H21F3O4. The number of hydrogen-bond donors (Lipinski definition) is 1. The van der Waals surface area contributed by atoms with E-state index >= 15 is 0 Å². The Hall–Kier alpha value is -1.53. The van der Waals surface area contributed by atoms with E-state index < -0.39 is 18.1 Å². The summed E-state index contributed by atoms with van der Waals surface area (Å²) in [7, 11) is 0. The molecule has 0 atom stereocenters. The molecule has 0 spiro atoms. The minimum Gasteiger partial charge on any atom is -0.478 e. The van der Waals surface area contributed by atoms with E-state index in [1.807, 2.05) is 0 Å². The molecule has 1 N–H and O–H groups in total. The van der Waals surface area contributed by atoms with Crippen molar-refractivity contribution < 1.29 is 32.6 Å². The Bertz CT molecular complexity index is 322. The number of halogens is 3. The van der Waals surface area contributed by atoms with Crippen molar-refractivity contribution >= 4 is 11.9 Å². The monoisotopic (exact) mass is 298 g/mol. The van der Waals surface area contributed by atoms with Crippen LogP contribution in [0.5, 0.6) is 0 Å². The van der Waals surface area contributed by atoms with Crippen LogP contribution in [-0.4, -0.2) is 29.8 Å². The summed E-state index contributed by atoms with van der Waals surface area (Å²) >= 11 is 0. The van der Waals surface area contributed by atoms with Crippen molar-refractivity contribution in [1.82, 2.24) is 0 Å². The van der Waals surface area contributed by atoms with Crippen molar-refractivity contribution in [3.05, 3.63) is 11.6 Å². The maximum Gasteiger partial charge on any atom is 0.490 e. The summed E-state index contributed by atoms with van der Waals surface area (Å²) < 4.78 is 37.1. The molecule has 118 valence electrons. The van der Waals surface area contributed by atoms with Crippen LogP contribution in [0.1, 0.15) is 46.5 Å². The minimum absolute atomic E-state index is 0.252. The Labute approximate surface area is 116 Å². The highest BCUT2D eigenvalue weighted by molar-refractivity contribution is 5.85. The maximum atomic E-state index is 11.2. The van der Waals surface area contributed by atoms with Crippen molar-refractivity contribution in [2.75, 3.05) is 6.61 Å². The van der Waals surface area contributed by atoms with Gasteiger partial charge >= 0.3 is 18.1 Å². The second-order valence-corrected chi connectivity index (χ2v) is 3.91. The highest BCUT2D eigenvalue weighted by Crippen LogP contribution is 2.15. The maximum absolute atomic E-state index is 11.2. The Balaban J connectivity index is 0. The van der Waals surface area contributed by atoms with E-state index in [-0.39, 0.29) is 6.61 Å². The quantitative estimate of drug-likeness (QED) is 0.461. The molecule has 0 aromatic heterocycles. The van der Waals surface area contributed by atoms with Crippen molar-refractivity contribution in [1.29, 1.82) is 0 Å². The predicted octanol–water partition coefficient (Wildman–Crippen LogP) is 3.71. The number of aliphatic carboxylic acids is 1. The number of hydrogen-bond acceptors (Lipinski definition) is 3. The van der Waals surface area contributed by atoms with E-state index in [4.69, 9.17) is 5.11 Å². The third-order valence-electron chi connectivity index (χ3n) is 2.10. The van der Waals surface area contributed by atoms with Crippen molar-refractivity contribution in [2.24, 2.45) is 0 Å². The lowest BCUT2D eigenvalue weighted by atomic mass is 10.1. The van der Waals surface area contributed by atoms with E-state index in [9.17, 15) is 22.8 Å². The molecule has 0 aromatic carbocycles. The Morgan fingerprint density at radius 1 is 1.20 bits per heavy atom. The fourth-order valence-electron chi connectivity index (χ4n) is 1.01. The van der Waals surface area contributed by atoms with Gasteiger partial charge in [0.05, 0.1) is 6.61 Å². The summed E-state index contributed by atoms with van der Waals surface area (Å²) in [5.41, 5.74) is 0.459. The lowest BCUT2D eigenvalue weighted by molar-refractivity contribution is -0.199. The summed E-state index contributed by atoms with van der Waals surface area (Å²) in [5.74, 6) is -2.94. The number of allylic oxidation sites excluding steroid dienone is 1. The predicted molar refractivity (Wildman–Crippen MR) is 68.2 cm³/mol. The van der Waals surface area contributed by atoms with Crippen LogP contribution in [0, 0.1) is 0 Å². The largest absolute Gasteiger partial charge is 0.490 e. The fraction of sp³-hybridized carbons (Fsp3) is 0.692. The molecule has 0 aliphatic carbocycles. The van der Waals surface area contributed by atoms with E-state index in [1.54, 1.807) is 13.0 Å². The summed E-state index contributed by atoms with van der Waals surface area (Å²) in [5, 5.41) is 8.47. The van der Waals surface area contributed by atoms with Crippen LogP contribution in [0.25, 0.3) is 0 Å². The number of alkyl halides is 3. The zero-order valence-corrected chi connectivity index (χ0v) is 11.9. The number of carboxylic acid groups (broad SMARTS) is 1. The smallest absolute Gasteiger partial charge is 0.478 e. The Morgan fingerprint density at radius 2 is 1.75 bits per heavy atom. The molecule has 0 aliphatic rings. The van der Waals surface area contributed by atoms with Gasteiger partial charge in [-0.3, -0.25) is 0 Å². The molecule has 0 aliphatic heterocycles. The topological polar surface area (TPSA) is 63.6 Å². The fourth-order valence-corrected chi connectivity index (χ4v) is 1.01. The van der Waals surface area contributed by atoms with Gasteiger partial charge in [0.2, 0.25) is 0 Å². The highest BCUT2D eigenvalue weighted by atomic mass is 19.4. The lowest BCUT2D eigenvalue weighted by Gasteiger charge is -2.02. The Morgan fingerprint density at radius 3 is 2.05 bits per heavy atom. The summed E-state index contributed by atoms with van der Waals surface area (Å²) in [6, 6.07) is 0. The standard InChI is InChI=1S/C9H16O2.C4H5F3O2/c1-3-4-5-6-7-8(2)9(10)11;1-2-9-3(8)4(5,6)7/h7H,3-6H2,1-2H3,(H,10,11);2H2,1H3. The van der Waals surface area contributed by atoms with Gasteiger partial charge in [0, 0.05) is 5.57 Å². The van der Waals surface area contributed by atoms with Gasteiger partial charge in [0.25, 0.3) is 0 Å². The highest BCUT2D eigenvalue weighted by Gasteiger charge is 2.40. The number of carboxylic acids is 1. The zero-order valence-electron chi connectivity index (χ0n) is 11.9. The van der Waals surface area contributed by atoms with Gasteiger partial charge in [0.15, 0.2) is 0 Å². The first-order valence-electron chi connectivity index (χ1n) is 6.30. The number of carbonyl (C=O) groups is 2. The van der Waals surface area contributed by atoms with Crippen LogP contribution in [-0.2, 0) is 14.3 Å². The molecule has 0 saturated carbocycles. The number of rotatable bonds is 6. The molecule has 0 radical (unpaired) electrons. The molecule has 4 nitrogen and oxygen atoms in total. The van der Waals surface area contributed by atoms with E-state index in [2.05, 4.69) is 11.7 Å². The molecule has 0 amide bonds. The van der Waals surface area contributed by atoms with Gasteiger partial charge in [-0.05, 0) is 26.7 Å². The van der Waals surface area contributed by atoms with Gasteiger partial charge in [-0.25, -0.2) is 9.59 Å². The Kier molecular flexibility index (Phi) is 11.8. The van der Waals surface area contributed by atoms with Gasteiger partial charge in [-0.15, -0.1) is 0 Å². The third kappa shape index (κ3) is 12.9. The number of unbranched alkanes of at least 4 members (excludes halogenated alkanes) is 3. The van der Waals surface area contributed by atoms with E-state index in [0.29, 0.717) is 5.57 Å². The zero-order chi connectivity index (χ0) is 16.2. The molecule has 0 unspecified atom stereocenters. The lowest BCUT2D eigenvalue weighted by Crippen LogP contribution is -2.25. The van der Waals surface area contributed by atoms with Crippen LogP contribution in [0.2, 0.25) is 0 Å². The van der Waals surface area contributed by atoms with Crippen LogP contribution < -0.4 is 0 Å². The molecule has 0 fully saturated rings. The normalized spacial score (nSPS) is 11.4. The molecule has 0 saturated heterocycles. The van der Waals surface area contributed by atoms with Gasteiger partial charge < -0.3 is 9.84 Å². The molecular weight excluding hydrogens is 277 g/mol. The van der Waals surface area contributed by atoms with E-state index in [0.717, 1.165) is 12.8 Å². The molecule has 0 aromatic rings. The second-order valence-electron chi connectivity index (χ2n) is 3.91. The number of esters is 1. The molecule has 7 heteroatoms. The average molecular weight is 298 g/mol. The molecule has 20 heavy (non-hydrogen) atoms. The number of ether oxygens (including phenoxy) is 1. The second kappa shape index (κ2) is 11.3. The summed E-state index contributed by atoms with van der Waals surface area (Å²) in [6.07, 6.45) is 1.30. The third-order valence-corrected chi connectivity index (χ3v) is 2.10. The first-order chi connectivity index (χ1) is 9.16. The van der Waals surface area contributed by atoms with Crippen LogP contribution in [0.15, 0.2) is 11.6 Å². The van der Waals surface area contributed by atoms with E-state index in [1.165, 1.54) is 19.8 Å². The van der Waals surface area contributed by atoms with Crippen molar-refractivity contribution in [3.8, 4) is 0 Å². The number of carbonyl (C=O) groups excluding carboxylic acids is 1. The minimum atomic E-state index is -4.85. The molecule has 0 heterocycles. The molecule has 0 rings (SSSR count). The van der Waals surface area contributed by atoms with Gasteiger partial charge in [-0.2, -0.15) is 13.2 Å². The van der Waals surface area contributed by atoms with Crippen molar-refractivity contribution in [2.45, 2.75) is 52.6 Å². The van der Waals surface area contributed by atoms with Crippen LogP contribution in [0.4, 0.5) is 13.2 Å². The first-order valence-corrected chi connectivity index (χ1v) is 6.30. The van der Waals surface area contributed by atoms with Gasteiger partial charge in [0.1, 0.15) is 0 Å². The molecule has 0 bridgehead atoms.